The molecule has 2 aromatic heterocycles. The van der Waals surface area contributed by atoms with Gasteiger partial charge in [0.15, 0.2) is 5.58 Å². The Labute approximate surface area is 188 Å². The van der Waals surface area contributed by atoms with Crippen molar-refractivity contribution in [1.29, 1.82) is 0 Å². The molecule has 1 amide bonds. The molecular formula is C23H22F2N6O2. The number of halogens is 2. The number of carbonyl (C=O) groups excluding carboxylic acids is 1. The number of nitrogens with zero attached hydrogens (tertiary/aromatic N) is 5. The van der Waals surface area contributed by atoms with Gasteiger partial charge in [-0.25, -0.2) is 8.78 Å². The highest BCUT2D eigenvalue weighted by molar-refractivity contribution is 5.98. The van der Waals surface area contributed by atoms with E-state index >= 15 is 0 Å². The van der Waals surface area contributed by atoms with Crippen LogP contribution in [0.5, 0.6) is 0 Å². The van der Waals surface area contributed by atoms with Crippen LogP contribution < -0.4 is 5.32 Å². The van der Waals surface area contributed by atoms with Crippen LogP contribution in [0.4, 0.5) is 14.8 Å². The molecule has 10 heteroatoms. The molecule has 2 aromatic carbocycles. The van der Waals surface area contributed by atoms with Crippen LogP contribution in [-0.2, 0) is 0 Å². The predicted molar refractivity (Wildman–Crippen MR) is 117 cm³/mol. The number of fused-ring (bicyclic) bond motifs is 1. The lowest BCUT2D eigenvalue weighted by Crippen LogP contribution is -2.51. The summed E-state index contributed by atoms with van der Waals surface area (Å²) >= 11 is 0. The number of hydrogen-bond donors (Lipinski definition) is 1. The van der Waals surface area contributed by atoms with E-state index < -0.39 is 11.6 Å². The highest BCUT2D eigenvalue weighted by Crippen LogP contribution is 2.28. The minimum absolute atomic E-state index is 0.181. The van der Waals surface area contributed by atoms with Gasteiger partial charge in [-0.2, -0.15) is 20.0 Å². The number of piperidine rings is 1. The first-order valence-electron chi connectivity index (χ1n) is 10.8. The van der Waals surface area contributed by atoms with E-state index in [1.165, 1.54) is 47.5 Å². The molecule has 0 aliphatic carbocycles. The minimum Gasteiger partial charge on any atom is -0.423 e. The quantitative estimate of drug-likeness (QED) is 0.492. The van der Waals surface area contributed by atoms with Crippen LogP contribution in [0.15, 0.2) is 53.2 Å². The third kappa shape index (κ3) is 4.15. The SMILES string of the molecule is CC1CCCN(C(=O)c2cc(F)ccc2-n2nccn2)C1CNc1nc2ccc(F)cc2o1. The van der Waals surface area contributed by atoms with Gasteiger partial charge in [0, 0.05) is 19.2 Å². The molecular weight excluding hydrogens is 430 g/mol. The van der Waals surface area contributed by atoms with Crippen molar-refractivity contribution in [1.82, 2.24) is 24.9 Å². The van der Waals surface area contributed by atoms with E-state index in [-0.39, 0.29) is 29.4 Å². The summed E-state index contributed by atoms with van der Waals surface area (Å²) in [5, 5.41) is 11.3. The molecule has 8 nitrogen and oxygen atoms in total. The van der Waals surface area contributed by atoms with Crippen molar-refractivity contribution in [3.63, 3.8) is 0 Å². The molecule has 1 aliphatic heterocycles. The molecule has 2 unspecified atom stereocenters. The molecule has 0 bridgehead atoms. The first kappa shape index (κ1) is 21.0. The highest BCUT2D eigenvalue weighted by atomic mass is 19.1. The van der Waals surface area contributed by atoms with Gasteiger partial charge in [0.25, 0.3) is 11.9 Å². The largest absolute Gasteiger partial charge is 0.423 e. The number of anilines is 1. The first-order valence-corrected chi connectivity index (χ1v) is 10.8. The number of aromatic nitrogens is 4. The molecule has 0 saturated carbocycles. The molecule has 1 N–H and O–H groups in total. The van der Waals surface area contributed by atoms with Gasteiger partial charge in [-0.3, -0.25) is 4.79 Å². The van der Waals surface area contributed by atoms with E-state index in [2.05, 4.69) is 27.4 Å². The average molecular weight is 452 g/mol. The van der Waals surface area contributed by atoms with Gasteiger partial charge in [-0.1, -0.05) is 6.92 Å². The summed E-state index contributed by atoms with van der Waals surface area (Å²) in [4.78, 5) is 21.0. The maximum Gasteiger partial charge on any atom is 0.295 e. The van der Waals surface area contributed by atoms with Gasteiger partial charge < -0.3 is 14.6 Å². The van der Waals surface area contributed by atoms with Crippen molar-refractivity contribution < 1.29 is 18.0 Å². The molecule has 1 saturated heterocycles. The molecule has 170 valence electrons. The third-order valence-corrected chi connectivity index (χ3v) is 6.01. The van der Waals surface area contributed by atoms with Crippen LogP contribution in [-0.4, -0.2) is 49.9 Å². The Bertz CT molecular complexity index is 1290. The van der Waals surface area contributed by atoms with Crippen LogP contribution in [0.1, 0.15) is 30.1 Å². The number of amides is 1. The van der Waals surface area contributed by atoms with E-state index in [1.54, 1.807) is 11.0 Å². The average Bonchev–Trinajstić information content (AvgIpc) is 3.47. The zero-order valence-electron chi connectivity index (χ0n) is 17.9. The molecule has 0 spiro atoms. The second-order valence-electron chi connectivity index (χ2n) is 8.18. The highest BCUT2D eigenvalue weighted by Gasteiger charge is 2.34. The fourth-order valence-electron chi connectivity index (χ4n) is 4.33. The Morgan fingerprint density at radius 3 is 2.73 bits per heavy atom. The molecule has 2 atom stereocenters. The number of hydrogen-bond acceptors (Lipinski definition) is 6. The predicted octanol–water partition coefficient (Wildman–Crippen LogP) is 4.04. The standard InChI is InChI=1S/C23H22F2N6O2/c1-14-3-2-10-30(20(14)13-26-23-29-18-6-4-16(25)12-21(18)33-23)22(32)17-11-15(24)5-7-19(17)31-27-8-9-28-31/h4-9,11-12,14,20H,2-3,10,13H2,1H3,(H,26,29). The van der Waals surface area contributed by atoms with Crippen molar-refractivity contribution in [3.8, 4) is 5.69 Å². The molecule has 3 heterocycles. The van der Waals surface area contributed by atoms with Gasteiger partial charge in [-0.05, 0) is 49.1 Å². The molecule has 4 aromatic rings. The van der Waals surface area contributed by atoms with E-state index in [4.69, 9.17) is 4.42 Å². The number of nitrogens with one attached hydrogen (secondary N) is 1. The third-order valence-electron chi connectivity index (χ3n) is 6.01. The molecule has 0 radical (unpaired) electrons. The first-order chi connectivity index (χ1) is 16.0. The normalized spacial score (nSPS) is 18.6. The smallest absolute Gasteiger partial charge is 0.295 e. The number of oxazole rings is 1. The van der Waals surface area contributed by atoms with Gasteiger partial charge in [0.1, 0.15) is 17.2 Å². The van der Waals surface area contributed by atoms with Crippen LogP contribution in [0.3, 0.4) is 0 Å². The number of likely N-dealkylation sites (tertiary alicyclic amines) is 1. The lowest BCUT2D eigenvalue weighted by molar-refractivity contribution is 0.0538. The number of benzene rings is 2. The molecule has 33 heavy (non-hydrogen) atoms. The van der Waals surface area contributed by atoms with Crippen molar-refractivity contribution in [2.24, 2.45) is 5.92 Å². The minimum atomic E-state index is -0.507. The Hall–Kier alpha value is -3.82. The molecule has 5 rings (SSSR count). The summed E-state index contributed by atoms with van der Waals surface area (Å²) < 4.78 is 33.2. The topological polar surface area (TPSA) is 89.1 Å². The summed E-state index contributed by atoms with van der Waals surface area (Å²) in [7, 11) is 0. The van der Waals surface area contributed by atoms with Crippen molar-refractivity contribution >= 4 is 23.0 Å². The van der Waals surface area contributed by atoms with Crippen LogP contribution >= 0.6 is 0 Å². The van der Waals surface area contributed by atoms with Gasteiger partial charge >= 0.3 is 0 Å². The van der Waals surface area contributed by atoms with Crippen molar-refractivity contribution in [2.45, 2.75) is 25.8 Å². The Morgan fingerprint density at radius 1 is 1.15 bits per heavy atom. The molecule has 1 aliphatic rings. The maximum absolute atomic E-state index is 14.1. The Kier molecular flexibility index (Phi) is 5.49. The monoisotopic (exact) mass is 452 g/mol. The van der Waals surface area contributed by atoms with Crippen molar-refractivity contribution in [3.05, 3.63) is 66.0 Å². The second kappa shape index (κ2) is 8.61. The summed E-state index contributed by atoms with van der Waals surface area (Å²) in [6, 6.07) is 8.23. The van der Waals surface area contributed by atoms with Crippen LogP contribution in [0.2, 0.25) is 0 Å². The maximum atomic E-state index is 14.1. The van der Waals surface area contributed by atoms with E-state index in [0.717, 1.165) is 12.8 Å². The van der Waals surface area contributed by atoms with Crippen LogP contribution in [0.25, 0.3) is 16.8 Å². The summed E-state index contributed by atoms with van der Waals surface area (Å²) in [6.07, 6.45) is 4.79. The fraction of sp³-hybridized carbons (Fsp3) is 0.304. The molecule has 1 fully saturated rings. The van der Waals surface area contributed by atoms with Gasteiger partial charge in [0.2, 0.25) is 0 Å². The van der Waals surface area contributed by atoms with Gasteiger partial charge in [-0.15, -0.1) is 0 Å². The second-order valence-corrected chi connectivity index (χ2v) is 8.18. The number of rotatable bonds is 5. The lowest BCUT2D eigenvalue weighted by atomic mass is 9.90. The zero-order valence-corrected chi connectivity index (χ0v) is 17.9. The Morgan fingerprint density at radius 2 is 1.91 bits per heavy atom. The summed E-state index contributed by atoms with van der Waals surface area (Å²) in [5.41, 5.74) is 1.50. The van der Waals surface area contributed by atoms with Gasteiger partial charge in [0.05, 0.1) is 29.7 Å². The van der Waals surface area contributed by atoms with E-state index in [1.807, 2.05) is 0 Å². The van der Waals surface area contributed by atoms with E-state index in [9.17, 15) is 13.6 Å². The zero-order chi connectivity index (χ0) is 22.9. The Balaban J connectivity index is 1.40. The lowest BCUT2D eigenvalue weighted by Gasteiger charge is -2.40. The van der Waals surface area contributed by atoms with Crippen LogP contribution in [0, 0.1) is 17.6 Å². The number of carbonyl (C=O) groups is 1. The fourth-order valence-corrected chi connectivity index (χ4v) is 4.33. The van der Waals surface area contributed by atoms with E-state index in [0.29, 0.717) is 29.9 Å². The summed E-state index contributed by atoms with van der Waals surface area (Å²) in [5.74, 6) is -1.01. The summed E-state index contributed by atoms with van der Waals surface area (Å²) in [6.45, 7) is 3.00. The van der Waals surface area contributed by atoms with Crippen molar-refractivity contribution in [2.75, 3.05) is 18.4 Å².